The first-order valence-corrected chi connectivity index (χ1v) is 8.87. The van der Waals surface area contributed by atoms with E-state index in [0.717, 1.165) is 30.6 Å². The maximum absolute atomic E-state index is 3.31. The third-order valence-electron chi connectivity index (χ3n) is 2.96. The molecule has 1 rings (SSSR count). The van der Waals surface area contributed by atoms with Gasteiger partial charge in [-0.25, -0.2) is 0 Å². The monoisotopic (exact) mass is 271 g/mol. The predicted molar refractivity (Wildman–Crippen MR) is 82.7 cm³/mol. The Morgan fingerprint density at radius 2 is 1.82 bits per heavy atom. The third kappa shape index (κ3) is 7.28. The number of nitrogens with zero attached hydrogens (tertiary/aromatic N) is 1. The lowest BCUT2D eigenvalue weighted by atomic mass is 10.2. The predicted octanol–water partition coefficient (Wildman–Crippen LogP) is 3.70. The molecule has 0 bridgehead atoms. The van der Waals surface area contributed by atoms with Crippen molar-refractivity contribution in [3.05, 3.63) is 0 Å². The molecule has 1 fully saturated rings. The van der Waals surface area contributed by atoms with Crippen LogP contribution in [-0.2, 0) is 0 Å². The Kier molecular flexibility index (Phi) is 9.14. The highest BCUT2D eigenvalue weighted by Gasteiger charge is 2.12. The number of unbranched alkanes of at least 4 members (excludes halogenated alkanes) is 1. The Morgan fingerprint density at radius 3 is 2.47 bits per heavy atom. The van der Waals surface area contributed by atoms with Gasteiger partial charge in [-0.1, -0.05) is 19.8 Å². The van der Waals surface area contributed by atoms with Crippen LogP contribution >= 0.6 is 23.5 Å². The van der Waals surface area contributed by atoms with E-state index in [1.165, 1.54) is 30.8 Å². The molecule has 0 spiro atoms. The van der Waals surface area contributed by atoms with Crippen LogP contribution in [0.4, 0.5) is 0 Å². The van der Waals surface area contributed by atoms with Crippen LogP contribution in [0.1, 0.15) is 39.5 Å². The molecule has 1 aliphatic heterocycles. The molecule has 0 amide bonds. The molecule has 0 unspecified atom stereocenters. The van der Waals surface area contributed by atoms with Gasteiger partial charge in [0, 0.05) is 6.42 Å². The first-order valence-electron chi connectivity index (χ1n) is 6.78. The van der Waals surface area contributed by atoms with Crippen LogP contribution in [0.3, 0.4) is 0 Å². The van der Waals surface area contributed by atoms with Crippen LogP contribution in [0.15, 0.2) is 0 Å². The van der Waals surface area contributed by atoms with Gasteiger partial charge in [-0.2, -0.15) is 0 Å². The molecule has 0 aromatic carbocycles. The first-order chi connectivity index (χ1) is 8.36. The number of hydrogen-bond acceptors (Lipinski definition) is 3. The van der Waals surface area contributed by atoms with Crippen molar-refractivity contribution >= 4 is 23.5 Å². The standard InChI is InChI=1S/C14H25NS2/c1-3-15(4-2)11-8-6-5-7-10-14-16-12-9-13-17-14/h14H,3-5,7,9-13H2,1-2H3. The molecule has 0 radical (unpaired) electrons. The van der Waals surface area contributed by atoms with E-state index in [4.69, 9.17) is 0 Å². The van der Waals surface area contributed by atoms with Crippen LogP contribution in [0.25, 0.3) is 0 Å². The fraction of sp³-hybridized carbons (Fsp3) is 0.857. The van der Waals surface area contributed by atoms with Gasteiger partial charge in [0.2, 0.25) is 0 Å². The maximum Gasteiger partial charge on any atom is 0.0601 e. The molecule has 98 valence electrons. The van der Waals surface area contributed by atoms with Gasteiger partial charge in [0.05, 0.1) is 11.1 Å². The molecule has 0 saturated carbocycles. The SMILES string of the molecule is CCN(CC)CC#CCCCC1SCCCS1. The van der Waals surface area contributed by atoms with E-state index in [-0.39, 0.29) is 0 Å². The molecule has 0 aromatic rings. The zero-order valence-electron chi connectivity index (χ0n) is 11.2. The summed E-state index contributed by atoms with van der Waals surface area (Å²) >= 11 is 4.29. The fourth-order valence-corrected chi connectivity index (χ4v) is 4.72. The van der Waals surface area contributed by atoms with Crippen molar-refractivity contribution in [1.29, 1.82) is 0 Å². The van der Waals surface area contributed by atoms with Crippen molar-refractivity contribution in [2.24, 2.45) is 0 Å². The molecular formula is C14H25NS2. The van der Waals surface area contributed by atoms with Crippen LogP contribution in [0.5, 0.6) is 0 Å². The molecule has 0 atom stereocenters. The Bertz CT molecular complexity index is 234. The average Bonchev–Trinajstić information content (AvgIpc) is 2.39. The lowest BCUT2D eigenvalue weighted by molar-refractivity contribution is 0.342. The molecule has 1 nitrogen and oxygen atoms in total. The zero-order chi connectivity index (χ0) is 12.3. The summed E-state index contributed by atoms with van der Waals surface area (Å²) in [6, 6.07) is 0. The van der Waals surface area contributed by atoms with E-state index >= 15 is 0 Å². The van der Waals surface area contributed by atoms with Crippen LogP contribution in [0, 0.1) is 11.8 Å². The van der Waals surface area contributed by atoms with Crippen molar-refractivity contribution in [2.45, 2.75) is 44.1 Å². The van der Waals surface area contributed by atoms with E-state index in [1.54, 1.807) is 0 Å². The topological polar surface area (TPSA) is 3.24 Å². The highest BCUT2D eigenvalue weighted by molar-refractivity contribution is 8.17. The molecule has 17 heavy (non-hydrogen) atoms. The third-order valence-corrected chi connectivity index (χ3v) is 6.04. The average molecular weight is 271 g/mol. The first kappa shape index (κ1) is 15.3. The smallest absolute Gasteiger partial charge is 0.0601 e. The minimum absolute atomic E-state index is 0.855. The molecule has 0 aromatic heterocycles. The van der Waals surface area contributed by atoms with Gasteiger partial charge in [-0.3, -0.25) is 4.90 Å². The van der Waals surface area contributed by atoms with Gasteiger partial charge >= 0.3 is 0 Å². The second kappa shape index (κ2) is 10.2. The summed E-state index contributed by atoms with van der Waals surface area (Å²) in [5, 5.41) is 0. The quantitative estimate of drug-likeness (QED) is 0.536. The van der Waals surface area contributed by atoms with Crippen LogP contribution in [-0.4, -0.2) is 40.6 Å². The summed E-state index contributed by atoms with van der Waals surface area (Å²) in [7, 11) is 0. The van der Waals surface area contributed by atoms with Gasteiger partial charge in [0.1, 0.15) is 0 Å². The van der Waals surface area contributed by atoms with Crippen molar-refractivity contribution < 1.29 is 0 Å². The van der Waals surface area contributed by atoms with Crippen LogP contribution in [0.2, 0.25) is 0 Å². The molecular weight excluding hydrogens is 246 g/mol. The van der Waals surface area contributed by atoms with Gasteiger partial charge in [-0.15, -0.1) is 29.4 Å². The zero-order valence-corrected chi connectivity index (χ0v) is 12.8. The molecule has 3 heteroatoms. The largest absolute Gasteiger partial charge is 0.293 e. The maximum atomic E-state index is 3.31. The summed E-state index contributed by atoms with van der Waals surface area (Å²) in [6.45, 7) is 7.56. The Labute approximate surface area is 115 Å². The van der Waals surface area contributed by atoms with Gasteiger partial charge < -0.3 is 0 Å². The number of hydrogen-bond donors (Lipinski definition) is 0. The van der Waals surface area contributed by atoms with Gasteiger partial charge in [0.15, 0.2) is 0 Å². The normalized spacial score (nSPS) is 16.9. The molecule has 0 aliphatic carbocycles. The molecule has 1 saturated heterocycles. The van der Waals surface area contributed by atoms with Crippen molar-refractivity contribution in [3.63, 3.8) is 0 Å². The lowest BCUT2D eigenvalue weighted by Crippen LogP contribution is -2.22. The second-order valence-corrected chi connectivity index (χ2v) is 7.15. The Balaban J connectivity index is 2.01. The van der Waals surface area contributed by atoms with Gasteiger partial charge in [-0.05, 0) is 43.9 Å². The van der Waals surface area contributed by atoms with Crippen LogP contribution < -0.4 is 0 Å². The second-order valence-electron chi connectivity index (χ2n) is 4.23. The van der Waals surface area contributed by atoms with E-state index in [9.17, 15) is 0 Å². The van der Waals surface area contributed by atoms with E-state index in [2.05, 4.69) is 54.1 Å². The highest BCUT2D eigenvalue weighted by Crippen LogP contribution is 2.33. The van der Waals surface area contributed by atoms with Crippen molar-refractivity contribution in [3.8, 4) is 11.8 Å². The summed E-state index contributed by atoms with van der Waals surface area (Å²) < 4.78 is 0.855. The van der Waals surface area contributed by atoms with E-state index in [1.807, 2.05) is 0 Å². The lowest BCUT2D eigenvalue weighted by Gasteiger charge is -2.20. The van der Waals surface area contributed by atoms with E-state index in [0.29, 0.717) is 0 Å². The summed E-state index contributed by atoms with van der Waals surface area (Å²) in [4.78, 5) is 2.36. The minimum Gasteiger partial charge on any atom is -0.293 e. The number of rotatable bonds is 6. The van der Waals surface area contributed by atoms with Gasteiger partial charge in [0.25, 0.3) is 0 Å². The Hall–Kier alpha value is 0.220. The highest BCUT2D eigenvalue weighted by atomic mass is 32.2. The molecule has 0 N–H and O–H groups in total. The van der Waals surface area contributed by atoms with E-state index < -0.39 is 0 Å². The Morgan fingerprint density at radius 1 is 1.12 bits per heavy atom. The molecule has 1 aliphatic rings. The number of thioether (sulfide) groups is 2. The summed E-state index contributed by atoms with van der Waals surface area (Å²) in [6.07, 6.45) is 5.10. The summed E-state index contributed by atoms with van der Waals surface area (Å²) in [5.41, 5.74) is 0. The summed E-state index contributed by atoms with van der Waals surface area (Å²) in [5.74, 6) is 9.33. The molecule has 1 heterocycles. The van der Waals surface area contributed by atoms with Crippen molar-refractivity contribution in [2.75, 3.05) is 31.1 Å². The van der Waals surface area contributed by atoms with Crippen molar-refractivity contribution in [1.82, 2.24) is 4.90 Å². The minimum atomic E-state index is 0.855. The fourth-order valence-electron chi connectivity index (χ4n) is 1.76.